The maximum absolute atomic E-state index is 5.04. The number of rotatable bonds is 1. The first kappa shape index (κ1) is 6.79. The van der Waals surface area contributed by atoms with E-state index < -0.39 is 0 Å². The molecular formula is C7H11N3O. The highest BCUT2D eigenvalue weighted by Gasteiger charge is 2.30. The molecule has 0 aromatic carbocycles. The smallest absolute Gasteiger partial charge is 0.244 e. The molecule has 1 fully saturated rings. The van der Waals surface area contributed by atoms with Crippen LogP contribution in [-0.2, 0) is 0 Å². The monoisotopic (exact) mass is 153 g/mol. The van der Waals surface area contributed by atoms with Crippen LogP contribution in [0, 0.1) is 6.92 Å². The Bertz CT molecular complexity index is 258. The zero-order valence-electron chi connectivity index (χ0n) is 6.74. The Balaban J connectivity index is 2.16. The van der Waals surface area contributed by atoms with Crippen molar-refractivity contribution >= 4 is 0 Å². The second kappa shape index (κ2) is 2.30. The lowest BCUT2D eigenvalue weighted by Crippen LogP contribution is -2.37. The summed E-state index contributed by atoms with van der Waals surface area (Å²) in [5, 5.41) is 3.74. The van der Waals surface area contributed by atoms with Gasteiger partial charge in [-0.1, -0.05) is 5.16 Å². The summed E-state index contributed by atoms with van der Waals surface area (Å²) < 4.78 is 5.04. The van der Waals surface area contributed by atoms with E-state index in [1.807, 2.05) is 6.92 Å². The average Bonchev–Trinajstić information content (AvgIpc) is 2.33. The summed E-state index contributed by atoms with van der Waals surface area (Å²) in [5.41, 5.74) is 0. The second-order valence-electron chi connectivity index (χ2n) is 2.96. The lowest BCUT2D eigenvalue weighted by Gasteiger charge is -2.34. The largest absolute Gasteiger partial charge is 0.338 e. The molecule has 2 rings (SSSR count). The van der Waals surface area contributed by atoms with E-state index in [0.29, 0.717) is 6.04 Å². The van der Waals surface area contributed by atoms with Gasteiger partial charge in [0, 0.05) is 6.54 Å². The van der Waals surface area contributed by atoms with E-state index >= 15 is 0 Å². The van der Waals surface area contributed by atoms with Crippen LogP contribution >= 0.6 is 0 Å². The van der Waals surface area contributed by atoms with Gasteiger partial charge in [-0.2, -0.15) is 4.98 Å². The van der Waals surface area contributed by atoms with E-state index in [-0.39, 0.29) is 0 Å². The Morgan fingerprint density at radius 3 is 2.82 bits per heavy atom. The number of nitrogens with zero attached hydrogens (tertiary/aromatic N) is 3. The third-order valence-corrected chi connectivity index (χ3v) is 2.12. The summed E-state index contributed by atoms with van der Waals surface area (Å²) in [6, 6.07) is 0.371. The first-order valence-corrected chi connectivity index (χ1v) is 3.78. The molecule has 0 radical (unpaired) electrons. The van der Waals surface area contributed by atoms with Crippen LogP contribution < -0.4 is 0 Å². The predicted octanol–water partition coefficient (Wildman–Crippen LogP) is 0.755. The van der Waals surface area contributed by atoms with Crippen LogP contribution in [0.3, 0.4) is 0 Å². The molecule has 0 N–H and O–H groups in total. The maximum atomic E-state index is 5.04. The predicted molar refractivity (Wildman–Crippen MR) is 39.0 cm³/mol. The van der Waals surface area contributed by atoms with Crippen LogP contribution in [0.1, 0.15) is 24.2 Å². The third kappa shape index (κ3) is 1.03. The fourth-order valence-electron chi connectivity index (χ4n) is 1.28. The number of hydrogen-bond acceptors (Lipinski definition) is 4. The van der Waals surface area contributed by atoms with Gasteiger partial charge >= 0.3 is 0 Å². The Hall–Kier alpha value is -0.900. The fraction of sp³-hybridized carbons (Fsp3) is 0.714. The molecule has 0 amide bonds. The Morgan fingerprint density at radius 1 is 1.64 bits per heavy atom. The summed E-state index contributed by atoms with van der Waals surface area (Å²) in [7, 11) is 2.06. The number of likely N-dealkylation sites (tertiary alicyclic amines) is 1. The minimum atomic E-state index is 0.371. The van der Waals surface area contributed by atoms with Gasteiger partial charge < -0.3 is 4.52 Å². The topological polar surface area (TPSA) is 42.2 Å². The van der Waals surface area contributed by atoms with Gasteiger partial charge in [0.25, 0.3) is 0 Å². The Kier molecular flexibility index (Phi) is 1.42. The van der Waals surface area contributed by atoms with E-state index in [2.05, 4.69) is 22.1 Å². The average molecular weight is 153 g/mol. The molecule has 2 heterocycles. The standard InChI is InChI=1S/C7H11N3O/c1-5-8-7(11-9-5)6-3-4-10(6)2/h6H,3-4H2,1-2H3. The lowest BCUT2D eigenvalue weighted by atomic mass is 10.1. The van der Waals surface area contributed by atoms with Gasteiger partial charge in [0.1, 0.15) is 0 Å². The fourth-order valence-corrected chi connectivity index (χ4v) is 1.28. The van der Waals surface area contributed by atoms with Gasteiger partial charge in [-0.3, -0.25) is 4.90 Å². The molecule has 1 aliphatic heterocycles. The van der Waals surface area contributed by atoms with Crippen LogP contribution in [-0.4, -0.2) is 28.6 Å². The van der Waals surface area contributed by atoms with Gasteiger partial charge in [-0.25, -0.2) is 0 Å². The molecule has 1 aliphatic rings. The molecule has 1 aromatic heterocycles. The van der Waals surface area contributed by atoms with Crippen LogP contribution in [0.5, 0.6) is 0 Å². The minimum Gasteiger partial charge on any atom is -0.338 e. The van der Waals surface area contributed by atoms with Gasteiger partial charge in [0.2, 0.25) is 5.89 Å². The van der Waals surface area contributed by atoms with E-state index in [0.717, 1.165) is 24.7 Å². The second-order valence-corrected chi connectivity index (χ2v) is 2.96. The number of hydrogen-bond donors (Lipinski definition) is 0. The van der Waals surface area contributed by atoms with Crippen LogP contribution in [0.15, 0.2) is 4.52 Å². The van der Waals surface area contributed by atoms with Crippen molar-refractivity contribution in [2.45, 2.75) is 19.4 Å². The van der Waals surface area contributed by atoms with Crippen LogP contribution in [0.4, 0.5) is 0 Å². The molecule has 1 atom stereocenters. The molecule has 1 unspecified atom stereocenters. The molecule has 1 aromatic rings. The first-order valence-electron chi connectivity index (χ1n) is 3.78. The highest BCUT2D eigenvalue weighted by molar-refractivity contribution is 4.96. The SMILES string of the molecule is Cc1noc(C2CCN2C)n1. The summed E-state index contributed by atoms with van der Waals surface area (Å²) in [5.74, 6) is 1.48. The van der Waals surface area contributed by atoms with E-state index in [4.69, 9.17) is 4.52 Å². The van der Waals surface area contributed by atoms with Crippen molar-refractivity contribution in [1.29, 1.82) is 0 Å². The molecule has 4 nitrogen and oxygen atoms in total. The van der Waals surface area contributed by atoms with Crippen LogP contribution in [0.25, 0.3) is 0 Å². The third-order valence-electron chi connectivity index (χ3n) is 2.12. The molecule has 4 heteroatoms. The first-order chi connectivity index (χ1) is 5.27. The zero-order chi connectivity index (χ0) is 7.84. The van der Waals surface area contributed by atoms with Crippen LogP contribution in [0.2, 0.25) is 0 Å². The zero-order valence-corrected chi connectivity index (χ0v) is 6.74. The highest BCUT2D eigenvalue weighted by Crippen LogP contribution is 2.29. The summed E-state index contributed by atoms with van der Waals surface area (Å²) in [6.07, 6.45) is 1.14. The lowest BCUT2D eigenvalue weighted by molar-refractivity contribution is 0.0951. The minimum absolute atomic E-state index is 0.371. The Labute approximate surface area is 65.2 Å². The van der Waals surface area contributed by atoms with Crippen molar-refractivity contribution in [2.75, 3.05) is 13.6 Å². The van der Waals surface area contributed by atoms with Crippen molar-refractivity contribution in [2.24, 2.45) is 0 Å². The summed E-state index contributed by atoms with van der Waals surface area (Å²) in [4.78, 5) is 6.36. The van der Waals surface area contributed by atoms with E-state index in [9.17, 15) is 0 Å². The van der Waals surface area contributed by atoms with E-state index in [1.165, 1.54) is 0 Å². The normalized spacial score (nSPS) is 25.1. The molecule has 11 heavy (non-hydrogen) atoms. The number of aromatic nitrogens is 2. The number of aryl methyl sites for hydroxylation is 1. The van der Waals surface area contributed by atoms with Gasteiger partial charge in [0.15, 0.2) is 5.82 Å². The van der Waals surface area contributed by atoms with Crippen molar-refractivity contribution in [3.63, 3.8) is 0 Å². The van der Waals surface area contributed by atoms with Gasteiger partial charge in [-0.15, -0.1) is 0 Å². The Morgan fingerprint density at radius 2 is 2.45 bits per heavy atom. The highest BCUT2D eigenvalue weighted by atomic mass is 16.5. The van der Waals surface area contributed by atoms with Crippen molar-refractivity contribution in [3.8, 4) is 0 Å². The van der Waals surface area contributed by atoms with Crippen molar-refractivity contribution < 1.29 is 4.52 Å². The quantitative estimate of drug-likeness (QED) is 0.597. The van der Waals surface area contributed by atoms with Gasteiger partial charge in [0.05, 0.1) is 6.04 Å². The molecule has 0 bridgehead atoms. The maximum Gasteiger partial charge on any atom is 0.244 e. The molecule has 1 saturated heterocycles. The molecule has 0 spiro atoms. The summed E-state index contributed by atoms with van der Waals surface area (Å²) >= 11 is 0. The van der Waals surface area contributed by atoms with E-state index in [1.54, 1.807) is 0 Å². The van der Waals surface area contributed by atoms with Crippen molar-refractivity contribution in [1.82, 2.24) is 15.0 Å². The molecule has 0 saturated carbocycles. The molecule has 60 valence electrons. The van der Waals surface area contributed by atoms with Crippen molar-refractivity contribution in [3.05, 3.63) is 11.7 Å². The summed E-state index contributed by atoms with van der Waals surface area (Å²) in [6.45, 7) is 2.97. The molecular weight excluding hydrogens is 142 g/mol. The molecule has 0 aliphatic carbocycles. The van der Waals surface area contributed by atoms with Gasteiger partial charge in [-0.05, 0) is 20.4 Å².